The Morgan fingerprint density at radius 1 is 1.29 bits per heavy atom. The highest BCUT2D eigenvalue weighted by Gasteiger charge is 2.30. The molecule has 0 aromatic carbocycles. The Labute approximate surface area is 86.4 Å². The Morgan fingerprint density at radius 2 is 1.86 bits per heavy atom. The first-order chi connectivity index (χ1) is 6.54. The molecule has 0 saturated carbocycles. The molecule has 1 aliphatic rings. The first-order valence-corrected chi connectivity index (χ1v) is 5.47. The topological polar surface area (TPSA) is 29.5 Å². The molecule has 0 radical (unpaired) electrons. The standard InChI is InChI=1S/C11H21NO2/c1-8(2)12(9(3)4)11(13)10-6-5-7-14-10/h8-10H,5-7H2,1-4H3. The fourth-order valence-electron chi connectivity index (χ4n) is 2.04. The molecule has 0 aromatic heterocycles. The molecule has 1 aliphatic heterocycles. The van der Waals surface area contributed by atoms with Crippen LogP contribution in [0.15, 0.2) is 0 Å². The molecule has 1 heterocycles. The average molecular weight is 199 g/mol. The maximum absolute atomic E-state index is 12.0. The third-order valence-corrected chi connectivity index (χ3v) is 2.57. The number of hydrogen-bond acceptors (Lipinski definition) is 2. The van der Waals surface area contributed by atoms with E-state index in [1.807, 2.05) is 32.6 Å². The van der Waals surface area contributed by atoms with Crippen molar-refractivity contribution in [3.05, 3.63) is 0 Å². The Hall–Kier alpha value is -0.570. The maximum Gasteiger partial charge on any atom is 0.252 e. The zero-order valence-corrected chi connectivity index (χ0v) is 9.62. The van der Waals surface area contributed by atoms with Crippen molar-refractivity contribution in [2.24, 2.45) is 0 Å². The van der Waals surface area contributed by atoms with Gasteiger partial charge in [0.05, 0.1) is 0 Å². The lowest BCUT2D eigenvalue weighted by atomic mass is 10.1. The minimum Gasteiger partial charge on any atom is -0.368 e. The van der Waals surface area contributed by atoms with Crippen molar-refractivity contribution in [3.63, 3.8) is 0 Å². The third kappa shape index (κ3) is 2.47. The fourth-order valence-corrected chi connectivity index (χ4v) is 2.04. The zero-order valence-electron chi connectivity index (χ0n) is 9.62. The second kappa shape index (κ2) is 4.78. The smallest absolute Gasteiger partial charge is 0.252 e. The van der Waals surface area contributed by atoms with Crippen molar-refractivity contribution in [2.45, 2.75) is 58.7 Å². The van der Waals surface area contributed by atoms with Crippen LogP contribution < -0.4 is 0 Å². The van der Waals surface area contributed by atoms with E-state index in [0.29, 0.717) is 0 Å². The molecule has 3 nitrogen and oxygen atoms in total. The van der Waals surface area contributed by atoms with Crippen LogP contribution in [0, 0.1) is 0 Å². The largest absolute Gasteiger partial charge is 0.368 e. The van der Waals surface area contributed by atoms with Crippen LogP contribution in [0.25, 0.3) is 0 Å². The molecule has 1 amide bonds. The number of ether oxygens (including phenoxy) is 1. The van der Waals surface area contributed by atoms with Crippen LogP contribution in [0.2, 0.25) is 0 Å². The summed E-state index contributed by atoms with van der Waals surface area (Å²) < 4.78 is 5.40. The second-order valence-corrected chi connectivity index (χ2v) is 4.43. The monoisotopic (exact) mass is 199 g/mol. The molecule has 3 heteroatoms. The first-order valence-electron chi connectivity index (χ1n) is 5.47. The Bertz CT molecular complexity index is 187. The van der Waals surface area contributed by atoms with Crippen LogP contribution in [0.5, 0.6) is 0 Å². The molecule has 14 heavy (non-hydrogen) atoms. The van der Waals surface area contributed by atoms with Gasteiger partial charge in [0.2, 0.25) is 0 Å². The molecule has 0 spiro atoms. The van der Waals surface area contributed by atoms with Crippen molar-refractivity contribution in [1.82, 2.24) is 4.90 Å². The summed E-state index contributed by atoms with van der Waals surface area (Å²) >= 11 is 0. The number of hydrogen-bond donors (Lipinski definition) is 0. The molecule has 0 aliphatic carbocycles. The summed E-state index contributed by atoms with van der Waals surface area (Å²) in [6, 6.07) is 0.512. The second-order valence-electron chi connectivity index (χ2n) is 4.43. The third-order valence-electron chi connectivity index (χ3n) is 2.57. The lowest BCUT2D eigenvalue weighted by Gasteiger charge is -2.32. The summed E-state index contributed by atoms with van der Waals surface area (Å²) in [5.74, 6) is 0.160. The van der Waals surface area contributed by atoms with Gasteiger partial charge in [-0.2, -0.15) is 0 Å². The van der Waals surface area contributed by atoms with Crippen molar-refractivity contribution >= 4 is 5.91 Å². The van der Waals surface area contributed by atoms with Crippen LogP contribution in [0.4, 0.5) is 0 Å². The molecule has 0 aromatic rings. The highest BCUT2D eigenvalue weighted by Crippen LogP contribution is 2.17. The predicted octanol–water partition coefficient (Wildman–Crippen LogP) is 1.81. The van der Waals surface area contributed by atoms with Crippen molar-refractivity contribution in [3.8, 4) is 0 Å². The van der Waals surface area contributed by atoms with E-state index < -0.39 is 0 Å². The molecule has 0 bridgehead atoms. The quantitative estimate of drug-likeness (QED) is 0.693. The molecule has 82 valence electrons. The van der Waals surface area contributed by atoms with Crippen LogP contribution in [-0.2, 0) is 9.53 Å². The Morgan fingerprint density at radius 3 is 2.21 bits per heavy atom. The summed E-state index contributed by atoms with van der Waals surface area (Å²) in [4.78, 5) is 13.9. The van der Waals surface area contributed by atoms with Gasteiger partial charge < -0.3 is 9.64 Å². The van der Waals surface area contributed by atoms with Crippen molar-refractivity contribution < 1.29 is 9.53 Å². The number of rotatable bonds is 3. The van der Waals surface area contributed by atoms with E-state index in [4.69, 9.17) is 4.74 Å². The van der Waals surface area contributed by atoms with Gasteiger partial charge in [-0.3, -0.25) is 4.79 Å². The van der Waals surface area contributed by atoms with Crippen molar-refractivity contribution in [2.75, 3.05) is 6.61 Å². The molecule has 1 atom stereocenters. The van der Waals surface area contributed by atoms with Gasteiger partial charge in [0.1, 0.15) is 6.10 Å². The van der Waals surface area contributed by atoms with Crippen molar-refractivity contribution in [1.29, 1.82) is 0 Å². The number of nitrogens with zero attached hydrogens (tertiary/aromatic N) is 1. The first kappa shape index (κ1) is 11.5. The van der Waals surface area contributed by atoms with Gasteiger partial charge in [0, 0.05) is 18.7 Å². The van der Waals surface area contributed by atoms with Gasteiger partial charge in [-0.1, -0.05) is 0 Å². The number of carbonyl (C=O) groups is 1. The number of amides is 1. The zero-order chi connectivity index (χ0) is 10.7. The van der Waals surface area contributed by atoms with Crippen LogP contribution in [-0.4, -0.2) is 35.6 Å². The van der Waals surface area contributed by atoms with E-state index in [1.165, 1.54) is 0 Å². The molecule has 0 N–H and O–H groups in total. The van der Waals surface area contributed by atoms with Crippen LogP contribution >= 0.6 is 0 Å². The molecule has 1 fully saturated rings. The summed E-state index contributed by atoms with van der Waals surface area (Å²) in [5, 5.41) is 0. The van der Waals surface area contributed by atoms with Gasteiger partial charge in [0.15, 0.2) is 0 Å². The van der Waals surface area contributed by atoms with Gasteiger partial charge in [-0.15, -0.1) is 0 Å². The Kier molecular flexibility index (Phi) is 3.93. The van der Waals surface area contributed by atoms with E-state index in [2.05, 4.69) is 0 Å². The highest BCUT2D eigenvalue weighted by atomic mass is 16.5. The maximum atomic E-state index is 12.0. The summed E-state index contributed by atoms with van der Waals surface area (Å²) in [7, 11) is 0. The lowest BCUT2D eigenvalue weighted by molar-refractivity contribution is -0.144. The summed E-state index contributed by atoms with van der Waals surface area (Å²) in [6.45, 7) is 8.93. The van der Waals surface area contributed by atoms with Gasteiger partial charge in [0.25, 0.3) is 5.91 Å². The SMILES string of the molecule is CC(C)N(C(=O)C1CCCO1)C(C)C. The van der Waals surface area contributed by atoms with E-state index in [0.717, 1.165) is 19.4 Å². The molecular weight excluding hydrogens is 178 g/mol. The normalized spacial score (nSPS) is 22.0. The van der Waals surface area contributed by atoms with E-state index in [-0.39, 0.29) is 24.1 Å². The highest BCUT2D eigenvalue weighted by molar-refractivity contribution is 5.81. The molecule has 1 unspecified atom stereocenters. The van der Waals surface area contributed by atoms with E-state index in [1.54, 1.807) is 0 Å². The Balaban J connectivity index is 2.62. The van der Waals surface area contributed by atoms with Gasteiger partial charge >= 0.3 is 0 Å². The fraction of sp³-hybridized carbons (Fsp3) is 0.909. The minimum absolute atomic E-state index is 0.160. The number of carbonyl (C=O) groups excluding carboxylic acids is 1. The van der Waals surface area contributed by atoms with Gasteiger partial charge in [-0.25, -0.2) is 0 Å². The van der Waals surface area contributed by atoms with Gasteiger partial charge in [-0.05, 0) is 40.5 Å². The summed E-state index contributed by atoms with van der Waals surface area (Å²) in [6.07, 6.45) is 1.72. The molecule has 1 saturated heterocycles. The minimum atomic E-state index is -0.181. The van der Waals surface area contributed by atoms with E-state index >= 15 is 0 Å². The molecule has 1 rings (SSSR count). The van der Waals surface area contributed by atoms with Crippen LogP contribution in [0.3, 0.4) is 0 Å². The summed E-state index contributed by atoms with van der Waals surface area (Å²) in [5.41, 5.74) is 0. The molecular formula is C11H21NO2. The predicted molar refractivity (Wildman–Crippen MR) is 56.1 cm³/mol. The lowest BCUT2D eigenvalue weighted by Crippen LogP contribution is -2.47. The average Bonchev–Trinajstić information content (AvgIpc) is 2.53. The van der Waals surface area contributed by atoms with Crippen LogP contribution in [0.1, 0.15) is 40.5 Å². The van der Waals surface area contributed by atoms with E-state index in [9.17, 15) is 4.79 Å².